The van der Waals surface area contributed by atoms with Gasteiger partial charge in [-0.25, -0.2) is 0 Å². The first-order chi connectivity index (χ1) is 15.5. The molecule has 0 bridgehead atoms. The van der Waals surface area contributed by atoms with Gasteiger partial charge in [-0.1, -0.05) is 0 Å². The van der Waals surface area contributed by atoms with Crippen LogP contribution < -0.4 is 16.4 Å². The van der Waals surface area contributed by atoms with Gasteiger partial charge in [-0.15, -0.1) is 0 Å². The van der Waals surface area contributed by atoms with E-state index in [2.05, 4.69) is 10.6 Å². The van der Waals surface area contributed by atoms with Crippen molar-refractivity contribution in [3.63, 3.8) is 0 Å². The number of hydrogen-bond acceptors (Lipinski definition) is 8. The Bertz CT molecular complexity index is 1020. The van der Waals surface area contributed by atoms with Crippen LogP contribution in [0, 0.1) is 16.0 Å². The molecule has 4 N–H and O–H groups in total. The normalized spacial score (nSPS) is 24.0. The van der Waals surface area contributed by atoms with E-state index < -0.39 is 52.0 Å². The number of Topliss-reactive ketones (excluding diaryl/α,β-unsaturated/α-hetero) is 2. The molecular weight excluding hydrogens is 434 g/mol. The van der Waals surface area contributed by atoms with E-state index in [-0.39, 0.29) is 43.0 Å². The van der Waals surface area contributed by atoms with E-state index in [1.54, 1.807) is 0 Å². The van der Waals surface area contributed by atoms with Gasteiger partial charge in [0.05, 0.1) is 16.9 Å². The molecule has 3 amide bonds. The van der Waals surface area contributed by atoms with Gasteiger partial charge in [-0.05, 0) is 32.4 Å². The van der Waals surface area contributed by atoms with Crippen molar-refractivity contribution in [3.8, 4) is 0 Å². The van der Waals surface area contributed by atoms with Crippen molar-refractivity contribution >= 4 is 40.7 Å². The van der Waals surface area contributed by atoms with E-state index in [1.165, 1.54) is 38.1 Å². The number of carbonyl (C=O) groups excluding carboxylic acids is 5. The number of non-ortho nitro benzene ring substituents is 1. The van der Waals surface area contributed by atoms with Crippen LogP contribution in [0.15, 0.2) is 24.3 Å². The molecule has 1 aliphatic carbocycles. The molecule has 0 aromatic heterocycles. The van der Waals surface area contributed by atoms with Gasteiger partial charge in [0, 0.05) is 37.2 Å². The van der Waals surface area contributed by atoms with Gasteiger partial charge in [0.25, 0.3) is 11.6 Å². The molecule has 12 nitrogen and oxygen atoms in total. The number of ketones is 2. The van der Waals surface area contributed by atoms with Crippen LogP contribution in [-0.4, -0.2) is 63.3 Å². The number of nitrogens with one attached hydrogen (secondary N) is 2. The zero-order chi connectivity index (χ0) is 24.5. The maximum absolute atomic E-state index is 13.5. The highest BCUT2D eigenvalue weighted by Gasteiger charge is 2.65. The van der Waals surface area contributed by atoms with E-state index in [0.29, 0.717) is 0 Å². The van der Waals surface area contributed by atoms with Crippen molar-refractivity contribution in [2.24, 2.45) is 11.7 Å². The SMILES string of the molecule is C[C@H](N)C(=O)N[C@@H](C)C(=O)N1CCC2C(=O)CCC(=O)[C@@]21C(=O)Nc1ccc([N+](=O)[O-])cc1. The van der Waals surface area contributed by atoms with Gasteiger partial charge in [0.1, 0.15) is 11.8 Å². The van der Waals surface area contributed by atoms with E-state index >= 15 is 0 Å². The van der Waals surface area contributed by atoms with Crippen LogP contribution in [0.25, 0.3) is 0 Å². The lowest BCUT2D eigenvalue weighted by Gasteiger charge is -2.42. The molecule has 2 fully saturated rings. The summed E-state index contributed by atoms with van der Waals surface area (Å²) in [5.41, 5.74) is 3.46. The number of rotatable bonds is 6. The lowest BCUT2D eigenvalue weighted by atomic mass is 9.70. The van der Waals surface area contributed by atoms with E-state index in [0.717, 1.165) is 4.90 Å². The Morgan fingerprint density at radius 2 is 1.82 bits per heavy atom. The zero-order valence-corrected chi connectivity index (χ0v) is 18.2. The molecule has 1 unspecified atom stereocenters. The number of nitro benzene ring substituents is 1. The molecule has 1 heterocycles. The highest BCUT2D eigenvalue weighted by Crippen LogP contribution is 2.43. The van der Waals surface area contributed by atoms with Crippen molar-refractivity contribution in [2.75, 3.05) is 11.9 Å². The minimum Gasteiger partial charge on any atom is -0.343 e. The van der Waals surface area contributed by atoms with Gasteiger partial charge >= 0.3 is 0 Å². The van der Waals surface area contributed by atoms with Gasteiger partial charge in [0.15, 0.2) is 11.3 Å². The Labute approximate surface area is 189 Å². The molecule has 2 aliphatic rings. The lowest BCUT2D eigenvalue weighted by Crippen LogP contribution is -2.68. The minimum atomic E-state index is -2.05. The number of nitrogens with two attached hydrogens (primary N) is 1. The Kier molecular flexibility index (Phi) is 6.58. The van der Waals surface area contributed by atoms with Crippen molar-refractivity contribution in [1.29, 1.82) is 0 Å². The largest absolute Gasteiger partial charge is 0.343 e. The third kappa shape index (κ3) is 4.21. The van der Waals surface area contributed by atoms with Crippen LogP contribution in [0.3, 0.4) is 0 Å². The summed E-state index contributed by atoms with van der Waals surface area (Å²) in [4.78, 5) is 75.9. The fraction of sp³-hybridized carbons (Fsp3) is 0.476. The second-order valence-electron chi connectivity index (χ2n) is 8.26. The predicted octanol–water partition coefficient (Wildman–Crippen LogP) is -0.0955. The molecule has 33 heavy (non-hydrogen) atoms. The molecule has 4 atom stereocenters. The standard InChI is InChI=1S/C21H25N5O7/c1-11(22)18(29)23-12(2)19(30)25-10-9-15-16(27)7-8-17(28)21(15,25)20(31)24-13-3-5-14(6-4-13)26(32)33/h3-6,11-12,15H,7-10,22H2,1-2H3,(H,23,29)(H,24,31)/t11-,12-,15?,21+/m0/s1. The molecule has 1 aliphatic heterocycles. The molecular formula is C21H25N5O7. The fourth-order valence-electron chi connectivity index (χ4n) is 4.40. The van der Waals surface area contributed by atoms with Crippen molar-refractivity contribution < 1.29 is 28.9 Å². The summed E-state index contributed by atoms with van der Waals surface area (Å²) in [5.74, 6) is -4.01. The highest BCUT2D eigenvalue weighted by molar-refractivity contribution is 6.22. The molecule has 0 radical (unpaired) electrons. The second kappa shape index (κ2) is 9.06. The molecule has 0 spiro atoms. The number of nitro groups is 1. The quantitative estimate of drug-likeness (QED) is 0.299. The maximum Gasteiger partial charge on any atom is 0.269 e. The van der Waals surface area contributed by atoms with Gasteiger partial charge in [-0.3, -0.25) is 34.1 Å². The van der Waals surface area contributed by atoms with Crippen molar-refractivity contribution in [2.45, 2.75) is 50.7 Å². The van der Waals surface area contributed by atoms with Crippen LogP contribution in [-0.2, 0) is 24.0 Å². The third-order valence-corrected chi connectivity index (χ3v) is 6.07. The number of amides is 3. The molecule has 176 valence electrons. The smallest absolute Gasteiger partial charge is 0.269 e. The number of nitrogens with zero attached hydrogens (tertiary/aromatic N) is 2. The molecule has 1 saturated heterocycles. The highest BCUT2D eigenvalue weighted by atomic mass is 16.6. The first-order valence-electron chi connectivity index (χ1n) is 10.5. The topological polar surface area (TPSA) is 182 Å². The number of likely N-dealkylation sites (tertiary alicyclic amines) is 1. The summed E-state index contributed by atoms with van der Waals surface area (Å²) in [6.07, 6.45) is -0.0968. The van der Waals surface area contributed by atoms with Crippen LogP contribution in [0.4, 0.5) is 11.4 Å². The van der Waals surface area contributed by atoms with E-state index in [9.17, 15) is 34.1 Å². The lowest BCUT2D eigenvalue weighted by molar-refractivity contribution is -0.384. The molecule has 12 heteroatoms. The average Bonchev–Trinajstić information content (AvgIpc) is 3.18. The maximum atomic E-state index is 13.5. The molecule has 3 rings (SSSR count). The summed E-state index contributed by atoms with van der Waals surface area (Å²) in [5, 5.41) is 15.9. The number of hydrogen-bond donors (Lipinski definition) is 3. The molecule has 1 saturated carbocycles. The van der Waals surface area contributed by atoms with E-state index in [4.69, 9.17) is 5.73 Å². The average molecular weight is 459 g/mol. The number of fused-ring (bicyclic) bond motifs is 1. The van der Waals surface area contributed by atoms with Gasteiger partial charge < -0.3 is 21.3 Å². The van der Waals surface area contributed by atoms with Crippen molar-refractivity contribution in [3.05, 3.63) is 34.4 Å². The van der Waals surface area contributed by atoms with Crippen LogP contribution >= 0.6 is 0 Å². The van der Waals surface area contributed by atoms with Crippen LogP contribution in [0.1, 0.15) is 33.1 Å². The Morgan fingerprint density at radius 1 is 1.18 bits per heavy atom. The van der Waals surface area contributed by atoms with E-state index in [1.807, 2.05) is 0 Å². The number of benzene rings is 1. The monoisotopic (exact) mass is 459 g/mol. The number of carbonyl (C=O) groups is 5. The number of anilines is 1. The Hall–Kier alpha value is -3.67. The van der Waals surface area contributed by atoms with Gasteiger partial charge in [-0.2, -0.15) is 0 Å². The summed E-state index contributed by atoms with van der Waals surface area (Å²) in [6.45, 7) is 2.83. The summed E-state index contributed by atoms with van der Waals surface area (Å²) in [6, 6.07) is 3.00. The van der Waals surface area contributed by atoms with Crippen molar-refractivity contribution in [1.82, 2.24) is 10.2 Å². The summed E-state index contributed by atoms with van der Waals surface area (Å²) >= 11 is 0. The first-order valence-corrected chi connectivity index (χ1v) is 10.5. The predicted molar refractivity (Wildman–Crippen MR) is 115 cm³/mol. The van der Waals surface area contributed by atoms with Gasteiger partial charge in [0.2, 0.25) is 11.8 Å². The first kappa shape index (κ1) is 24.0. The Balaban J connectivity index is 1.95. The summed E-state index contributed by atoms with van der Waals surface area (Å²) < 4.78 is 0. The van der Waals surface area contributed by atoms with Crippen LogP contribution in [0.5, 0.6) is 0 Å². The third-order valence-electron chi connectivity index (χ3n) is 6.07. The zero-order valence-electron chi connectivity index (χ0n) is 18.2. The van der Waals surface area contributed by atoms with Crippen LogP contribution in [0.2, 0.25) is 0 Å². The Morgan fingerprint density at radius 3 is 2.39 bits per heavy atom. The molecule has 1 aromatic rings. The summed E-state index contributed by atoms with van der Waals surface area (Å²) in [7, 11) is 0. The molecule has 1 aromatic carbocycles. The fourth-order valence-corrected chi connectivity index (χ4v) is 4.40. The second-order valence-corrected chi connectivity index (χ2v) is 8.26. The minimum absolute atomic E-state index is 0.0188.